The van der Waals surface area contributed by atoms with Crippen molar-refractivity contribution >= 4 is 29.6 Å². The summed E-state index contributed by atoms with van der Waals surface area (Å²) in [5.41, 5.74) is 6.65. The monoisotopic (exact) mass is 436 g/mol. The Hall–Kier alpha value is -2.21. The molecule has 162 valence electrons. The average molecular weight is 436 g/mol. The largest absolute Gasteiger partial charge is 0.483 e. The molecule has 2 aliphatic rings. The van der Waals surface area contributed by atoms with Gasteiger partial charge in [0.1, 0.15) is 0 Å². The molecule has 0 aromatic carbocycles. The number of carbonyl (C=O) groups excluding carboxylic acids is 2. The zero-order valence-corrected chi connectivity index (χ0v) is 16.3. The molecule has 2 fully saturated rings. The van der Waals surface area contributed by atoms with Crippen molar-refractivity contribution in [2.24, 2.45) is 11.1 Å². The Morgan fingerprint density at radius 3 is 2.69 bits per heavy atom. The average Bonchev–Trinajstić information content (AvgIpc) is 3.33. The second-order valence-electron chi connectivity index (χ2n) is 7.12. The summed E-state index contributed by atoms with van der Waals surface area (Å²) in [6.07, 6.45) is -2.85. The minimum Gasteiger partial charge on any atom is -0.483 e. The van der Waals surface area contributed by atoms with E-state index in [1.165, 1.54) is 11.3 Å². The number of nitrogens with two attached hydrogens (primary N) is 1. The lowest BCUT2D eigenvalue weighted by molar-refractivity contribution is -0.140. The lowest BCUT2D eigenvalue weighted by Crippen LogP contribution is -2.52. The van der Waals surface area contributed by atoms with Crippen molar-refractivity contribution in [3.05, 3.63) is 16.6 Å². The molecule has 2 saturated heterocycles. The van der Waals surface area contributed by atoms with Gasteiger partial charge in [0.2, 0.25) is 11.8 Å². The number of carboxylic acid groups (broad SMARTS) is 1. The highest BCUT2D eigenvalue weighted by atomic mass is 32.1. The second kappa shape index (κ2) is 9.53. The first kappa shape index (κ1) is 23.1. The Labute approximate surface area is 169 Å². The number of nitrogens with zero attached hydrogens (tertiary/aromatic N) is 2. The summed E-state index contributed by atoms with van der Waals surface area (Å²) in [6, 6.07) is -0.343. The molecule has 2 amide bonds. The molecule has 12 heteroatoms. The first-order valence-electron chi connectivity index (χ1n) is 8.97. The molecule has 2 aliphatic heterocycles. The summed E-state index contributed by atoms with van der Waals surface area (Å²) < 4.78 is 38.1. The summed E-state index contributed by atoms with van der Waals surface area (Å²) in [6.45, 7) is -0.641. The summed E-state index contributed by atoms with van der Waals surface area (Å²) in [4.78, 5) is 38.4. The van der Waals surface area contributed by atoms with Crippen LogP contribution in [0.15, 0.2) is 10.9 Å². The lowest BCUT2D eigenvalue weighted by atomic mass is 9.70. The maximum Gasteiger partial charge on any atom is 0.390 e. The molecular weight excluding hydrogens is 413 g/mol. The Kier molecular flexibility index (Phi) is 7.58. The number of hydrogen-bond acceptors (Lipinski definition) is 6. The summed E-state index contributed by atoms with van der Waals surface area (Å²) >= 11 is 1.41. The van der Waals surface area contributed by atoms with Crippen LogP contribution in [-0.2, 0) is 20.8 Å². The third kappa shape index (κ3) is 5.66. The van der Waals surface area contributed by atoms with Gasteiger partial charge in [-0.25, -0.2) is 4.98 Å². The Balaban J connectivity index is 0.000000941. The Morgan fingerprint density at radius 2 is 2.14 bits per heavy atom. The standard InChI is InChI=1S/C16H21F3N4O2S.CH2O2/c17-16(18,19)3-4-23-11-1-2-12(23)15(6-11,5-10-8-26-9-22-10)14(25)21-7-13(20)24;2-1-3/h8-9,11-12H,1-7H2,(H2,20,24)(H,21,25);1H,(H,2,3)/t11-,12+,15+;/m1./s1. The highest BCUT2D eigenvalue weighted by Gasteiger charge is 2.59. The minimum atomic E-state index is -4.23. The molecule has 29 heavy (non-hydrogen) atoms. The van der Waals surface area contributed by atoms with Gasteiger partial charge in [0.25, 0.3) is 6.47 Å². The highest BCUT2D eigenvalue weighted by molar-refractivity contribution is 7.07. The Bertz CT molecular complexity index is 716. The molecule has 3 heterocycles. The number of fused-ring (bicyclic) bond motifs is 2. The van der Waals surface area contributed by atoms with E-state index in [9.17, 15) is 22.8 Å². The van der Waals surface area contributed by atoms with Crippen LogP contribution in [0, 0.1) is 5.41 Å². The summed E-state index contributed by atoms with van der Waals surface area (Å²) in [5, 5.41) is 11.3. The van der Waals surface area contributed by atoms with Crippen molar-refractivity contribution in [3.8, 4) is 0 Å². The topological polar surface area (TPSA) is 126 Å². The maximum absolute atomic E-state index is 12.9. The van der Waals surface area contributed by atoms with Gasteiger partial charge in [-0.15, -0.1) is 11.3 Å². The van der Waals surface area contributed by atoms with E-state index in [2.05, 4.69) is 10.3 Å². The van der Waals surface area contributed by atoms with E-state index in [0.717, 1.165) is 12.1 Å². The predicted molar refractivity (Wildman–Crippen MR) is 98.0 cm³/mol. The molecule has 4 N–H and O–H groups in total. The quantitative estimate of drug-likeness (QED) is 0.551. The van der Waals surface area contributed by atoms with Crippen LogP contribution in [-0.4, -0.2) is 64.6 Å². The fourth-order valence-corrected chi connectivity index (χ4v) is 4.96. The first-order chi connectivity index (χ1) is 13.6. The van der Waals surface area contributed by atoms with Crippen LogP contribution < -0.4 is 11.1 Å². The molecular formula is C17H23F3N4O4S. The van der Waals surface area contributed by atoms with Gasteiger partial charge in [-0.3, -0.25) is 19.3 Å². The number of carbonyl (C=O) groups is 3. The molecule has 2 bridgehead atoms. The summed E-state index contributed by atoms with van der Waals surface area (Å²) in [7, 11) is 0. The fraction of sp³-hybridized carbons (Fsp3) is 0.647. The number of aromatic nitrogens is 1. The number of halogens is 3. The van der Waals surface area contributed by atoms with Crippen LogP contribution in [0.3, 0.4) is 0 Å². The van der Waals surface area contributed by atoms with Gasteiger partial charge >= 0.3 is 6.18 Å². The predicted octanol–water partition coefficient (Wildman–Crippen LogP) is 1.16. The third-order valence-electron chi connectivity index (χ3n) is 5.39. The van der Waals surface area contributed by atoms with Gasteiger partial charge < -0.3 is 16.2 Å². The fourth-order valence-electron chi connectivity index (χ4n) is 4.41. The van der Waals surface area contributed by atoms with Crippen LogP contribution in [0.25, 0.3) is 0 Å². The van der Waals surface area contributed by atoms with E-state index in [1.54, 1.807) is 5.51 Å². The number of thiazole rings is 1. The molecule has 0 unspecified atom stereocenters. The molecule has 0 spiro atoms. The van der Waals surface area contributed by atoms with Gasteiger partial charge in [0, 0.05) is 30.4 Å². The van der Waals surface area contributed by atoms with Crippen molar-refractivity contribution < 1.29 is 32.7 Å². The number of rotatable bonds is 7. The van der Waals surface area contributed by atoms with Gasteiger partial charge in [0.15, 0.2) is 0 Å². The van der Waals surface area contributed by atoms with Gasteiger partial charge in [0.05, 0.1) is 29.6 Å². The number of alkyl halides is 3. The molecule has 0 radical (unpaired) electrons. The van der Waals surface area contributed by atoms with Crippen molar-refractivity contribution in [3.63, 3.8) is 0 Å². The smallest absolute Gasteiger partial charge is 0.390 e. The second-order valence-corrected chi connectivity index (χ2v) is 7.84. The van der Waals surface area contributed by atoms with E-state index < -0.39 is 23.9 Å². The molecule has 0 aliphatic carbocycles. The van der Waals surface area contributed by atoms with Crippen LogP contribution in [0.4, 0.5) is 13.2 Å². The maximum atomic E-state index is 12.9. The van der Waals surface area contributed by atoms with Crippen LogP contribution >= 0.6 is 11.3 Å². The van der Waals surface area contributed by atoms with Gasteiger partial charge in [-0.2, -0.15) is 13.2 Å². The molecule has 3 atom stereocenters. The molecule has 8 nitrogen and oxygen atoms in total. The first-order valence-corrected chi connectivity index (χ1v) is 9.91. The van der Waals surface area contributed by atoms with E-state index in [4.69, 9.17) is 15.6 Å². The Morgan fingerprint density at radius 1 is 1.45 bits per heavy atom. The number of amides is 2. The molecule has 1 aromatic rings. The van der Waals surface area contributed by atoms with Gasteiger partial charge in [-0.05, 0) is 19.3 Å². The van der Waals surface area contributed by atoms with E-state index in [0.29, 0.717) is 19.3 Å². The normalized spacial score (nSPS) is 25.9. The number of nitrogens with one attached hydrogen (secondary N) is 1. The van der Waals surface area contributed by atoms with Crippen LogP contribution in [0.2, 0.25) is 0 Å². The van der Waals surface area contributed by atoms with Crippen molar-refractivity contribution in [2.75, 3.05) is 13.1 Å². The van der Waals surface area contributed by atoms with E-state index in [-0.39, 0.29) is 37.6 Å². The van der Waals surface area contributed by atoms with Crippen molar-refractivity contribution in [2.45, 2.75) is 50.4 Å². The summed E-state index contributed by atoms with van der Waals surface area (Å²) in [5.74, 6) is -0.979. The molecule has 1 aromatic heterocycles. The number of hydrogen-bond donors (Lipinski definition) is 3. The van der Waals surface area contributed by atoms with E-state index >= 15 is 0 Å². The SMILES string of the molecule is NC(=O)CNC(=O)[C@@]1(Cc2cscn2)C[C@H]2CC[C@@H]1N2CCC(F)(F)F.O=CO. The van der Waals surface area contributed by atoms with Crippen molar-refractivity contribution in [1.82, 2.24) is 15.2 Å². The third-order valence-corrected chi connectivity index (χ3v) is 6.02. The highest BCUT2D eigenvalue weighted by Crippen LogP contribution is 2.52. The van der Waals surface area contributed by atoms with Crippen molar-refractivity contribution in [1.29, 1.82) is 0 Å². The lowest BCUT2D eigenvalue weighted by Gasteiger charge is -2.36. The number of primary amides is 1. The van der Waals surface area contributed by atoms with Gasteiger partial charge in [-0.1, -0.05) is 0 Å². The molecule has 3 rings (SSSR count). The minimum absolute atomic E-state index is 0.0553. The molecule has 0 saturated carbocycles. The zero-order chi connectivity index (χ0) is 21.7. The zero-order valence-electron chi connectivity index (χ0n) is 15.5. The van der Waals surface area contributed by atoms with Crippen LogP contribution in [0.5, 0.6) is 0 Å². The van der Waals surface area contributed by atoms with E-state index in [1.807, 2.05) is 10.3 Å². The van der Waals surface area contributed by atoms with Crippen LogP contribution in [0.1, 0.15) is 31.4 Å².